The molecule has 1 aliphatic rings. The summed E-state index contributed by atoms with van der Waals surface area (Å²) in [6.45, 7) is 6.35. The van der Waals surface area contributed by atoms with Crippen molar-refractivity contribution in [1.29, 1.82) is 0 Å². The Kier molecular flexibility index (Phi) is 8.97. The molecular formula is C30H32Cl3NO. The zero-order valence-electron chi connectivity index (χ0n) is 20.3. The predicted octanol–water partition coefficient (Wildman–Crippen LogP) is 9.15. The first-order valence-corrected chi connectivity index (χ1v) is 13.6. The quantitative estimate of drug-likeness (QED) is 0.222. The number of fused-ring (bicyclic) bond motifs is 3. The molecule has 1 aliphatic carbocycles. The Morgan fingerprint density at radius 3 is 2.03 bits per heavy atom. The molecule has 1 N–H and O–H groups in total. The second kappa shape index (κ2) is 12.0. The molecule has 1 atom stereocenters. The third-order valence-corrected chi connectivity index (χ3v) is 7.42. The summed E-state index contributed by atoms with van der Waals surface area (Å²) in [7, 11) is 0. The lowest BCUT2D eigenvalue weighted by molar-refractivity contribution is 0.120. The van der Waals surface area contributed by atoms with E-state index < -0.39 is 0 Å². The summed E-state index contributed by atoms with van der Waals surface area (Å²) in [5, 5.41) is 12.7. The van der Waals surface area contributed by atoms with Crippen molar-refractivity contribution in [3.8, 4) is 11.1 Å². The molecular weight excluding hydrogens is 497 g/mol. The normalized spacial score (nSPS) is 14.4. The highest BCUT2D eigenvalue weighted by molar-refractivity contribution is 6.32. The molecule has 0 aliphatic heterocycles. The second-order valence-corrected chi connectivity index (χ2v) is 10.5. The van der Waals surface area contributed by atoms with Crippen LogP contribution in [0.3, 0.4) is 0 Å². The van der Waals surface area contributed by atoms with Gasteiger partial charge in [0.2, 0.25) is 0 Å². The highest BCUT2D eigenvalue weighted by Gasteiger charge is 2.31. The molecule has 0 heterocycles. The third kappa shape index (κ3) is 5.79. The number of nitrogens with zero attached hydrogens (tertiary/aromatic N) is 1. The Balaban J connectivity index is 1.90. The lowest BCUT2D eigenvalue weighted by Gasteiger charge is -2.32. The largest absolute Gasteiger partial charge is 0.394 e. The lowest BCUT2D eigenvalue weighted by atomic mass is 9.93. The zero-order valence-corrected chi connectivity index (χ0v) is 22.6. The molecule has 0 fully saturated rings. The molecule has 3 aromatic carbocycles. The van der Waals surface area contributed by atoms with Crippen LogP contribution in [-0.2, 0) is 0 Å². The Hall–Kier alpha value is -1.81. The molecule has 2 nitrogen and oxygen atoms in total. The van der Waals surface area contributed by atoms with Crippen LogP contribution >= 0.6 is 34.8 Å². The van der Waals surface area contributed by atoms with Crippen molar-refractivity contribution in [2.24, 2.45) is 0 Å². The number of rotatable bonds is 10. The second-order valence-electron chi connectivity index (χ2n) is 9.16. The predicted molar refractivity (Wildman–Crippen MR) is 152 cm³/mol. The molecule has 0 radical (unpaired) electrons. The van der Waals surface area contributed by atoms with Crippen molar-refractivity contribution in [3.63, 3.8) is 0 Å². The maximum absolute atomic E-state index is 10.7. The molecule has 0 aromatic heterocycles. The molecule has 0 bridgehead atoms. The van der Waals surface area contributed by atoms with E-state index in [9.17, 15) is 5.11 Å². The number of unbranched alkanes of at least 4 members (excludes halogenated alkanes) is 2. The van der Waals surface area contributed by atoms with E-state index in [1.165, 1.54) is 0 Å². The van der Waals surface area contributed by atoms with Gasteiger partial charge in [0.1, 0.15) is 0 Å². The molecule has 184 valence electrons. The summed E-state index contributed by atoms with van der Waals surface area (Å²) in [5.74, 6) is 0. The summed E-state index contributed by atoms with van der Waals surface area (Å²) >= 11 is 19.3. The SMILES string of the molecule is CCCCN(CCCC)[C@@H](CO)c1cc(Cl)cc2c1-c1ccc(Cl)cc1/C2=C/c1ccc(Cl)cc1. The molecule has 0 saturated carbocycles. The number of aliphatic hydroxyl groups is 1. The minimum Gasteiger partial charge on any atom is -0.394 e. The van der Waals surface area contributed by atoms with E-state index in [-0.39, 0.29) is 12.6 Å². The summed E-state index contributed by atoms with van der Waals surface area (Å²) in [6.07, 6.45) is 6.58. The number of hydrogen-bond acceptors (Lipinski definition) is 2. The van der Waals surface area contributed by atoms with Crippen LogP contribution in [0, 0.1) is 0 Å². The molecule has 0 saturated heterocycles. The molecule has 0 unspecified atom stereocenters. The van der Waals surface area contributed by atoms with Gasteiger partial charge in [-0.2, -0.15) is 0 Å². The van der Waals surface area contributed by atoms with Crippen LogP contribution in [0.2, 0.25) is 15.1 Å². The number of aliphatic hydroxyl groups excluding tert-OH is 1. The van der Waals surface area contributed by atoms with E-state index in [4.69, 9.17) is 34.8 Å². The van der Waals surface area contributed by atoms with Gasteiger partial charge < -0.3 is 5.11 Å². The Bertz CT molecular complexity index is 1190. The van der Waals surface area contributed by atoms with E-state index in [0.717, 1.165) is 77.7 Å². The minimum atomic E-state index is -0.126. The summed E-state index contributed by atoms with van der Waals surface area (Å²) in [6, 6.07) is 17.8. The maximum atomic E-state index is 10.7. The Morgan fingerprint density at radius 2 is 1.40 bits per heavy atom. The molecule has 0 amide bonds. The highest BCUT2D eigenvalue weighted by Crippen LogP contribution is 2.50. The average molecular weight is 529 g/mol. The van der Waals surface area contributed by atoms with E-state index in [2.05, 4.69) is 30.9 Å². The van der Waals surface area contributed by atoms with Gasteiger partial charge in [-0.3, -0.25) is 4.90 Å². The first-order chi connectivity index (χ1) is 17.0. The molecule has 0 spiro atoms. The maximum Gasteiger partial charge on any atom is 0.0628 e. The van der Waals surface area contributed by atoms with Crippen LogP contribution in [0.1, 0.15) is 67.8 Å². The van der Waals surface area contributed by atoms with Gasteiger partial charge in [0.25, 0.3) is 0 Å². The van der Waals surface area contributed by atoms with Gasteiger partial charge in [0.05, 0.1) is 12.6 Å². The van der Waals surface area contributed by atoms with Gasteiger partial charge in [-0.15, -0.1) is 0 Å². The number of benzene rings is 3. The standard InChI is InChI=1S/C30H32Cl3NO/c1-3-5-13-34(14-6-4-2)29(19-35)28-18-23(33)17-27-25(15-20-7-9-21(31)10-8-20)26-16-22(32)11-12-24(26)30(27)28/h7-12,15-18,29,35H,3-6,13-14,19H2,1-2H3/b25-15-/t29-/m0/s1. The number of hydrogen-bond donors (Lipinski definition) is 1. The van der Waals surface area contributed by atoms with E-state index >= 15 is 0 Å². The van der Waals surface area contributed by atoms with E-state index in [1.807, 2.05) is 48.5 Å². The molecule has 4 rings (SSSR count). The fourth-order valence-electron chi connectivity index (χ4n) is 4.94. The van der Waals surface area contributed by atoms with Gasteiger partial charge >= 0.3 is 0 Å². The van der Waals surface area contributed by atoms with Crippen molar-refractivity contribution in [2.45, 2.75) is 45.6 Å². The fraction of sp³-hybridized carbons (Fsp3) is 0.333. The van der Waals surface area contributed by atoms with Crippen LogP contribution in [-0.4, -0.2) is 29.7 Å². The van der Waals surface area contributed by atoms with Gasteiger partial charge in [-0.1, -0.05) is 79.7 Å². The molecule has 3 aromatic rings. The Labute approximate surface area is 224 Å². The topological polar surface area (TPSA) is 23.5 Å². The van der Waals surface area contributed by atoms with E-state index in [0.29, 0.717) is 15.1 Å². The summed E-state index contributed by atoms with van der Waals surface area (Å²) in [4.78, 5) is 2.43. The molecule has 5 heteroatoms. The molecule has 35 heavy (non-hydrogen) atoms. The van der Waals surface area contributed by atoms with Crippen molar-refractivity contribution >= 4 is 46.5 Å². The van der Waals surface area contributed by atoms with Gasteiger partial charge in [-0.05, 0) is 107 Å². The van der Waals surface area contributed by atoms with E-state index in [1.54, 1.807) is 0 Å². The van der Waals surface area contributed by atoms with Gasteiger partial charge in [0.15, 0.2) is 0 Å². The summed E-state index contributed by atoms with van der Waals surface area (Å²) in [5.41, 5.74) is 7.62. The minimum absolute atomic E-state index is 0.0410. The average Bonchev–Trinajstić information content (AvgIpc) is 3.14. The van der Waals surface area contributed by atoms with Crippen molar-refractivity contribution in [2.75, 3.05) is 19.7 Å². The van der Waals surface area contributed by atoms with Crippen LogP contribution in [0.5, 0.6) is 0 Å². The smallest absolute Gasteiger partial charge is 0.0628 e. The highest BCUT2D eigenvalue weighted by atomic mass is 35.5. The first-order valence-electron chi connectivity index (χ1n) is 12.4. The van der Waals surface area contributed by atoms with Crippen molar-refractivity contribution in [3.05, 3.63) is 91.9 Å². The monoisotopic (exact) mass is 527 g/mol. The van der Waals surface area contributed by atoms with Crippen LogP contribution in [0.4, 0.5) is 0 Å². The lowest BCUT2D eigenvalue weighted by Crippen LogP contribution is -2.33. The third-order valence-electron chi connectivity index (χ3n) is 6.72. The van der Waals surface area contributed by atoms with Gasteiger partial charge in [-0.25, -0.2) is 0 Å². The van der Waals surface area contributed by atoms with Crippen molar-refractivity contribution in [1.82, 2.24) is 4.90 Å². The summed E-state index contributed by atoms with van der Waals surface area (Å²) < 4.78 is 0. The van der Waals surface area contributed by atoms with Crippen LogP contribution in [0.25, 0.3) is 22.8 Å². The zero-order chi connectivity index (χ0) is 24.9. The van der Waals surface area contributed by atoms with Crippen LogP contribution in [0.15, 0.2) is 54.6 Å². The number of halogens is 3. The Morgan fingerprint density at radius 1 is 0.771 bits per heavy atom. The first kappa shape index (κ1) is 26.3. The van der Waals surface area contributed by atoms with Crippen LogP contribution < -0.4 is 0 Å². The van der Waals surface area contributed by atoms with Crippen molar-refractivity contribution < 1.29 is 5.11 Å². The van der Waals surface area contributed by atoms with Gasteiger partial charge in [0, 0.05) is 15.1 Å². The fourth-order valence-corrected chi connectivity index (χ4v) is 5.47.